The first-order valence-corrected chi connectivity index (χ1v) is 9.70. The molecule has 0 radical (unpaired) electrons. The molecule has 2 rings (SSSR count). The zero-order valence-corrected chi connectivity index (χ0v) is 17.0. The van der Waals surface area contributed by atoms with Crippen molar-refractivity contribution in [2.24, 2.45) is 0 Å². The molecule has 1 heterocycles. The van der Waals surface area contributed by atoms with Crippen LogP contribution < -0.4 is 15.4 Å². The van der Waals surface area contributed by atoms with E-state index in [2.05, 4.69) is 20.6 Å². The van der Waals surface area contributed by atoms with Crippen LogP contribution in [-0.2, 0) is 16.0 Å². The first-order chi connectivity index (χ1) is 12.8. The van der Waals surface area contributed by atoms with E-state index in [1.165, 1.54) is 25.8 Å². The number of benzene rings is 1. The molecular formula is C19H24N4O3S. The van der Waals surface area contributed by atoms with Crippen LogP contribution in [0, 0.1) is 13.8 Å². The van der Waals surface area contributed by atoms with Crippen molar-refractivity contribution in [1.29, 1.82) is 0 Å². The summed E-state index contributed by atoms with van der Waals surface area (Å²) in [6.45, 7) is 5.29. The predicted octanol–water partition coefficient (Wildman–Crippen LogP) is 3.35. The first-order valence-electron chi connectivity index (χ1n) is 8.47. The Morgan fingerprint density at radius 3 is 2.37 bits per heavy atom. The van der Waals surface area contributed by atoms with Crippen molar-refractivity contribution in [1.82, 2.24) is 9.97 Å². The zero-order chi connectivity index (χ0) is 20.0. The van der Waals surface area contributed by atoms with E-state index in [0.717, 1.165) is 22.1 Å². The second-order valence-electron chi connectivity index (χ2n) is 6.00. The van der Waals surface area contributed by atoms with Gasteiger partial charge >= 0.3 is 0 Å². The van der Waals surface area contributed by atoms with Gasteiger partial charge in [0.05, 0.1) is 12.8 Å². The van der Waals surface area contributed by atoms with Crippen molar-refractivity contribution in [3.63, 3.8) is 0 Å². The molecular weight excluding hydrogens is 364 g/mol. The standard InChI is InChI=1S/C19H24N4O3S/c1-11-15(12(2)21-19(20-11)27-5)7-9-18(25)23-16-10-14(22-13(3)24)6-8-17(16)26-4/h6,8,10H,7,9H2,1-5H3,(H,22,24)(H,23,25). The number of carbonyl (C=O) groups excluding carboxylic acids is 2. The highest BCUT2D eigenvalue weighted by molar-refractivity contribution is 7.98. The van der Waals surface area contributed by atoms with Gasteiger partial charge in [0.15, 0.2) is 5.16 Å². The minimum absolute atomic E-state index is 0.152. The highest BCUT2D eigenvalue weighted by Gasteiger charge is 2.13. The molecule has 0 fully saturated rings. The van der Waals surface area contributed by atoms with Crippen molar-refractivity contribution in [2.75, 3.05) is 24.0 Å². The molecule has 2 amide bonds. The van der Waals surface area contributed by atoms with E-state index in [-0.39, 0.29) is 18.2 Å². The summed E-state index contributed by atoms with van der Waals surface area (Å²) in [6.07, 6.45) is 2.77. The average Bonchev–Trinajstić information content (AvgIpc) is 2.60. The van der Waals surface area contributed by atoms with Gasteiger partial charge in [0.25, 0.3) is 0 Å². The third kappa shape index (κ3) is 5.68. The number of anilines is 2. The Labute approximate surface area is 163 Å². The van der Waals surface area contributed by atoms with Gasteiger partial charge in [-0.25, -0.2) is 9.97 Å². The lowest BCUT2D eigenvalue weighted by molar-refractivity contribution is -0.116. The summed E-state index contributed by atoms with van der Waals surface area (Å²) in [5.74, 6) is 0.190. The van der Waals surface area contributed by atoms with Crippen LogP contribution >= 0.6 is 11.8 Å². The number of ether oxygens (including phenoxy) is 1. The first kappa shape index (κ1) is 20.7. The van der Waals surface area contributed by atoms with Crippen molar-refractivity contribution in [3.05, 3.63) is 35.2 Å². The Morgan fingerprint density at radius 1 is 1.15 bits per heavy atom. The van der Waals surface area contributed by atoms with Gasteiger partial charge in [0.2, 0.25) is 11.8 Å². The van der Waals surface area contributed by atoms with Gasteiger partial charge in [0.1, 0.15) is 5.75 Å². The third-order valence-electron chi connectivity index (χ3n) is 3.98. The number of hydrogen-bond donors (Lipinski definition) is 2. The van der Waals surface area contributed by atoms with E-state index in [9.17, 15) is 9.59 Å². The van der Waals surface area contributed by atoms with E-state index < -0.39 is 0 Å². The molecule has 0 atom stereocenters. The molecule has 1 aromatic carbocycles. The minimum atomic E-state index is -0.183. The highest BCUT2D eigenvalue weighted by Crippen LogP contribution is 2.28. The monoisotopic (exact) mass is 388 g/mol. The summed E-state index contributed by atoms with van der Waals surface area (Å²) < 4.78 is 5.28. The second kappa shape index (κ2) is 9.36. The molecule has 144 valence electrons. The Bertz CT molecular complexity index is 832. The molecule has 0 spiro atoms. The van der Waals surface area contributed by atoms with Gasteiger partial charge in [-0.1, -0.05) is 11.8 Å². The SMILES string of the molecule is COc1ccc(NC(C)=O)cc1NC(=O)CCc1c(C)nc(SC)nc1C. The highest BCUT2D eigenvalue weighted by atomic mass is 32.2. The molecule has 2 aromatic rings. The largest absolute Gasteiger partial charge is 0.495 e. The van der Waals surface area contributed by atoms with Gasteiger partial charge in [-0.15, -0.1) is 0 Å². The van der Waals surface area contributed by atoms with Crippen LogP contribution in [0.15, 0.2) is 23.4 Å². The Morgan fingerprint density at radius 2 is 1.81 bits per heavy atom. The molecule has 0 saturated heterocycles. The number of thioether (sulfide) groups is 1. The smallest absolute Gasteiger partial charge is 0.224 e. The number of aryl methyl sites for hydroxylation is 2. The van der Waals surface area contributed by atoms with Crippen LogP contribution in [-0.4, -0.2) is 35.1 Å². The molecule has 1 aromatic heterocycles. The maximum absolute atomic E-state index is 12.4. The van der Waals surface area contributed by atoms with Gasteiger partial charge in [-0.2, -0.15) is 0 Å². The van der Waals surface area contributed by atoms with Crippen LogP contribution in [0.1, 0.15) is 30.3 Å². The van der Waals surface area contributed by atoms with Gasteiger partial charge < -0.3 is 15.4 Å². The summed E-state index contributed by atoms with van der Waals surface area (Å²) in [4.78, 5) is 32.5. The molecule has 0 saturated carbocycles. The van der Waals surface area contributed by atoms with E-state index in [1.54, 1.807) is 18.2 Å². The van der Waals surface area contributed by atoms with E-state index >= 15 is 0 Å². The number of rotatable bonds is 7. The minimum Gasteiger partial charge on any atom is -0.495 e. The normalized spacial score (nSPS) is 10.4. The van der Waals surface area contributed by atoms with Crippen LogP contribution in [0.3, 0.4) is 0 Å². The Hall–Kier alpha value is -2.61. The number of carbonyl (C=O) groups is 2. The summed E-state index contributed by atoms with van der Waals surface area (Å²) in [5, 5.41) is 6.27. The molecule has 27 heavy (non-hydrogen) atoms. The van der Waals surface area contributed by atoms with Crippen molar-refractivity contribution < 1.29 is 14.3 Å². The lowest BCUT2D eigenvalue weighted by Gasteiger charge is -2.13. The van der Waals surface area contributed by atoms with E-state index in [0.29, 0.717) is 23.5 Å². The average molecular weight is 388 g/mol. The van der Waals surface area contributed by atoms with Gasteiger partial charge in [-0.05, 0) is 50.3 Å². The summed E-state index contributed by atoms with van der Waals surface area (Å²) in [7, 11) is 1.53. The summed E-state index contributed by atoms with van der Waals surface area (Å²) in [5.41, 5.74) is 3.87. The van der Waals surface area contributed by atoms with Crippen LogP contribution in [0.5, 0.6) is 5.75 Å². The van der Waals surface area contributed by atoms with Crippen molar-refractivity contribution in [3.8, 4) is 5.75 Å². The number of aromatic nitrogens is 2. The zero-order valence-electron chi connectivity index (χ0n) is 16.2. The summed E-state index contributed by atoms with van der Waals surface area (Å²) in [6, 6.07) is 5.09. The maximum atomic E-state index is 12.4. The number of nitrogens with zero attached hydrogens (tertiary/aromatic N) is 2. The number of amides is 2. The van der Waals surface area contributed by atoms with Gasteiger partial charge in [0, 0.05) is 30.4 Å². The quantitative estimate of drug-likeness (QED) is 0.558. The molecule has 0 aliphatic rings. The molecule has 8 heteroatoms. The number of methoxy groups -OCH3 is 1. The van der Waals surface area contributed by atoms with Crippen LogP contribution in [0.25, 0.3) is 0 Å². The predicted molar refractivity (Wildman–Crippen MR) is 108 cm³/mol. The molecule has 0 aliphatic heterocycles. The topological polar surface area (TPSA) is 93.2 Å². The van der Waals surface area contributed by atoms with Crippen molar-refractivity contribution in [2.45, 2.75) is 38.8 Å². The fourth-order valence-electron chi connectivity index (χ4n) is 2.70. The number of nitrogens with one attached hydrogen (secondary N) is 2. The molecule has 0 unspecified atom stereocenters. The van der Waals surface area contributed by atoms with Crippen molar-refractivity contribution >= 4 is 35.0 Å². The maximum Gasteiger partial charge on any atom is 0.224 e. The molecule has 2 N–H and O–H groups in total. The van der Waals surface area contributed by atoms with E-state index in [4.69, 9.17) is 4.74 Å². The fraction of sp³-hybridized carbons (Fsp3) is 0.368. The van der Waals surface area contributed by atoms with Crippen LogP contribution in [0.2, 0.25) is 0 Å². The molecule has 7 nitrogen and oxygen atoms in total. The van der Waals surface area contributed by atoms with E-state index in [1.807, 2.05) is 20.1 Å². The molecule has 0 bridgehead atoms. The van der Waals surface area contributed by atoms with Gasteiger partial charge in [-0.3, -0.25) is 9.59 Å². The molecule has 0 aliphatic carbocycles. The fourth-order valence-corrected chi connectivity index (χ4v) is 3.16. The Balaban J connectivity index is 2.09. The lowest BCUT2D eigenvalue weighted by atomic mass is 10.1. The second-order valence-corrected chi connectivity index (χ2v) is 6.78. The number of hydrogen-bond acceptors (Lipinski definition) is 6. The third-order valence-corrected chi connectivity index (χ3v) is 4.53. The lowest BCUT2D eigenvalue weighted by Crippen LogP contribution is -2.15. The van der Waals surface area contributed by atoms with Crippen LogP contribution in [0.4, 0.5) is 11.4 Å². The Kier molecular flexibility index (Phi) is 7.18. The summed E-state index contributed by atoms with van der Waals surface area (Å²) >= 11 is 1.50.